The van der Waals surface area contributed by atoms with Gasteiger partial charge in [-0.2, -0.15) is 13.2 Å². The monoisotopic (exact) mass is 282 g/mol. The molecule has 1 aromatic carbocycles. The molecule has 0 heterocycles. The van der Waals surface area contributed by atoms with Gasteiger partial charge in [-0.3, -0.25) is 9.36 Å². The van der Waals surface area contributed by atoms with E-state index in [2.05, 4.69) is 0 Å². The maximum absolute atomic E-state index is 12.4. The maximum Gasteiger partial charge on any atom is 0.416 e. The Bertz CT molecular complexity index is 492. The van der Waals surface area contributed by atoms with Gasteiger partial charge in [0, 0.05) is 6.42 Å². The van der Waals surface area contributed by atoms with Gasteiger partial charge in [0.25, 0.3) is 0 Å². The minimum atomic E-state index is -4.51. The van der Waals surface area contributed by atoms with Crippen molar-refractivity contribution < 1.29 is 32.3 Å². The molecule has 0 bridgehead atoms. The summed E-state index contributed by atoms with van der Waals surface area (Å²) in [4.78, 5) is 28.3. The van der Waals surface area contributed by atoms with Crippen LogP contribution in [0.4, 0.5) is 13.2 Å². The Morgan fingerprint density at radius 1 is 1.28 bits per heavy atom. The number of rotatable bonds is 4. The van der Waals surface area contributed by atoms with Crippen molar-refractivity contribution in [1.82, 2.24) is 0 Å². The molecule has 18 heavy (non-hydrogen) atoms. The summed E-state index contributed by atoms with van der Waals surface area (Å²) in [7, 11) is -4.47. The van der Waals surface area contributed by atoms with Crippen LogP contribution in [-0.4, -0.2) is 21.7 Å². The third-order valence-corrected chi connectivity index (χ3v) is 2.80. The second-order valence-electron chi connectivity index (χ2n) is 3.74. The zero-order valence-electron chi connectivity index (χ0n) is 9.02. The van der Waals surface area contributed by atoms with E-state index in [0.717, 1.165) is 18.2 Å². The van der Waals surface area contributed by atoms with Crippen LogP contribution >= 0.6 is 7.60 Å². The van der Waals surface area contributed by atoms with Crippen molar-refractivity contribution >= 4 is 13.4 Å². The Balaban J connectivity index is 2.80. The zero-order valence-corrected chi connectivity index (χ0v) is 9.91. The Morgan fingerprint density at radius 3 is 2.39 bits per heavy atom. The first kappa shape index (κ1) is 14.9. The van der Waals surface area contributed by atoms with Crippen molar-refractivity contribution in [2.24, 2.45) is 0 Å². The van der Waals surface area contributed by atoms with E-state index in [0.29, 0.717) is 0 Å². The first-order chi connectivity index (χ1) is 8.08. The molecule has 0 aromatic heterocycles. The number of carbonyl (C=O) groups excluding carboxylic acids is 1. The molecule has 0 radical (unpaired) electrons. The van der Waals surface area contributed by atoms with Gasteiger partial charge in [-0.15, -0.1) is 0 Å². The molecule has 0 spiro atoms. The van der Waals surface area contributed by atoms with Crippen molar-refractivity contribution in [2.45, 2.75) is 12.6 Å². The molecule has 0 aliphatic heterocycles. The molecule has 2 N–H and O–H groups in total. The quantitative estimate of drug-likeness (QED) is 0.828. The molecule has 0 saturated carbocycles. The Hall–Kier alpha value is -1.17. The molecular weight excluding hydrogens is 272 g/mol. The van der Waals surface area contributed by atoms with Crippen molar-refractivity contribution in [3.8, 4) is 0 Å². The van der Waals surface area contributed by atoms with Gasteiger partial charge in [-0.1, -0.05) is 18.2 Å². The van der Waals surface area contributed by atoms with Gasteiger partial charge in [0.15, 0.2) is 0 Å². The topological polar surface area (TPSA) is 74.6 Å². The number of hydrogen-bond acceptors (Lipinski definition) is 2. The van der Waals surface area contributed by atoms with E-state index in [1.807, 2.05) is 0 Å². The van der Waals surface area contributed by atoms with Gasteiger partial charge in [0.2, 0.25) is 0 Å². The highest BCUT2D eigenvalue weighted by atomic mass is 31.2. The molecule has 1 rings (SSSR count). The highest BCUT2D eigenvalue weighted by molar-refractivity contribution is 7.52. The minimum Gasteiger partial charge on any atom is -0.324 e. The number of benzene rings is 1. The summed E-state index contributed by atoms with van der Waals surface area (Å²) in [5.41, 5.74) is -0.827. The fourth-order valence-corrected chi connectivity index (χ4v) is 1.94. The molecule has 100 valence electrons. The molecule has 0 aliphatic carbocycles. The molecule has 0 atom stereocenters. The molecule has 8 heteroatoms. The molecule has 0 amide bonds. The van der Waals surface area contributed by atoms with Gasteiger partial charge < -0.3 is 9.79 Å². The summed E-state index contributed by atoms with van der Waals surface area (Å²) >= 11 is 0. The highest BCUT2D eigenvalue weighted by Crippen LogP contribution is 2.34. The second-order valence-corrected chi connectivity index (χ2v) is 5.38. The Labute approximate surface area is 101 Å². The lowest BCUT2D eigenvalue weighted by atomic mass is 10.1. The fraction of sp³-hybridized carbons (Fsp3) is 0.300. The third-order valence-electron chi connectivity index (χ3n) is 2.04. The fourth-order valence-electron chi connectivity index (χ4n) is 1.37. The van der Waals surface area contributed by atoms with Gasteiger partial charge in [0.05, 0.1) is 5.56 Å². The number of carbonyl (C=O) groups is 1. The lowest BCUT2D eigenvalue weighted by Gasteiger charge is -2.08. The van der Waals surface area contributed by atoms with E-state index in [1.165, 1.54) is 6.07 Å². The van der Waals surface area contributed by atoms with Crippen LogP contribution in [0, 0.1) is 0 Å². The lowest BCUT2D eigenvalue weighted by Crippen LogP contribution is -2.10. The van der Waals surface area contributed by atoms with E-state index in [9.17, 15) is 22.5 Å². The Morgan fingerprint density at radius 2 is 1.89 bits per heavy atom. The van der Waals surface area contributed by atoms with Gasteiger partial charge in [-0.05, 0) is 11.6 Å². The van der Waals surface area contributed by atoms with E-state index in [-0.39, 0.29) is 5.56 Å². The van der Waals surface area contributed by atoms with E-state index in [1.54, 1.807) is 0 Å². The summed E-state index contributed by atoms with van der Waals surface area (Å²) in [6.45, 7) is 0. The first-order valence-electron chi connectivity index (χ1n) is 4.80. The van der Waals surface area contributed by atoms with Crippen LogP contribution in [0.25, 0.3) is 0 Å². The van der Waals surface area contributed by atoms with Crippen molar-refractivity contribution in [1.29, 1.82) is 0 Å². The van der Waals surface area contributed by atoms with Crippen LogP contribution in [0.1, 0.15) is 11.1 Å². The molecule has 0 saturated heterocycles. The second kappa shape index (κ2) is 5.22. The van der Waals surface area contributed by atoms with Gasteiger partial charge in [-0.25, -0.2) is 0 Å². The number of alkyl halides is 3. The summed E-state index contributed by atoms with van der Waals surface area (Å²) in [5.74, 6) is -0.803. The summed E-state index contributed by atoms with van der Waals surface area (Å²) in [6, 6.07) is 4.09. The molecule has 0 fully saturated rings. The summed E-state index contributed by atoms with van der Waals surface area (Å²) < 4.78 is 47.7. The third kappa shape index (κ3) is 5.00. The predicted octanol–water partition coefficient (Wildman–Crippen LogP) is 1.99. The Kier molecular flexibility index (Phi) is 4.32. The number of Topliss-reactive ketones (excluding diaryl/α,β-unsaturated/α-hetero) is 1. The lowest BCUT2D eigenvalue weighted by molar-refractivity contribution is -0.137. The van der Waals surface area contributed by atoms with Crippen LogP contribution in [0.2, 0.25) is 0 Å². The van der Waals surface area contributed by atoms with Crippen LogP contribution < -0.4 is 0 Å². The average Bonchev–Trinajstić information content (AvgIpc) is 2.13. The molecular formula is C10H10F3O4P. The van der Waals surface area contributed by atoms with E-state index in [4.69, 9.17) is 9.79 Å². The van der Waals surface area contributed by atoms with E-state index < -0.39 is 37.7 Å². The summed E-state index contributed by atoms with van der Waals surface area (Å²) in [6.07, 6.45) is -5.92. The van der Waals surface area contributed by atoms with Crippen LogP contribution in [0.5, 0.6) is 0 Å². The molecule has 0 aliphatic rings. The van der Waals surface area contributed by atoms with Crippen LogP contribution in [0.15, 0.2) is 24.3 Å². The minimum absolute atomic E-state index is 0.0725. The van der Waals surface area contributed by atoms with Crippen LogP contribution in [-0.2, 0) is 22.0 Å². The van der Waals surface area contributed by atoms with Gasteiger partial charge >= 0.3 is 13.8 Å². The van der Waals surface area contributed by atoms with E-state index >= 15 is 0 Å². The number of halogens is 3. The van der Waals surface area contributed by atoms with Crippen LogP contribution in [0.3, 0.4) is 0 Å². The van der Waals surface area contributed by atoms with Crippen molar-refractivity contribution in [3.63, 3.8) is 0 Å². The molecule has 1 aromatic rings. The summed E-state index contributed by atoms with van der Waals surface area (Å²) in [5, 5.41) is 0. The smallest absolute Gasteiger partial charge is 0.324 e. The zero-order chi connectivity index (χ0) is 14.0. The standard InChI is InChI=1S/C10H10F3O4P/c11-10(12,13)8-3-1-2-7(4-8)5-9(14)6-18(15,16)17/h1-4H,5-6H2,(H2,15,16,17). The normalized spacial score (nSPS) is 12.5. The SMILES string of the molecule is O=C(Cc1cccc(C(F)(F)F)c1)CP(=O)(O)O. The van der Waals surface area contributed by atoms with Crippen molar-refractivity contribution in [2.75, 3.05) is 6.16 Å². The number of ketones is 1. The number of hydrogen-bond donors (Lipinski definition) is 2. The average molecular weight is 282 g/mol. The van der Waals surface area contributed by atoms with Crippen molar-refractivity contribution in [3.05, 3.63) is 35.4 Å². The predicted molar refractivity (Wildman–Crippen MR) is 57.1 cm³/mol. The first-order valence-corrected chi connectivity index (χ1v) is 6.60. The molecule has 4 nitrogen and oxygen atoms in total. The van der Waals surface area contributed by atoms with Gasteiger partial charge in [0.1, 0.15) is 11.9 Å². The maximum atomic E-state index is 12.4. The molecule has 0 unspecified atom stereocenters. The highest BCUT2D eigenvalue weighted by Gasteiger charge is 2.30. The largest absolute Gasteiger partial charge is 0.416 e.